The molecule has 0 radical (unpaired) electrons. The Hall–Kier alpha value is -1.54. The molecule has 1 aliphatic rings. The number of benzene rings is 1. The van der Waals surface area contributed by atoms with Crippen LogP contribution < -0.4 is 5.32 Å². The Morgan fingerprint density at radius 2 is 2.09 bits per heavy atom. The molecule has 0 spiro atoms. The lowest BCUT2D eigenvalue weighted by Gasteiger charge is -2.06. The van der Waals surface area contributed by atoms with Crippen LogP contribution in [0, 0.1) is 17.6 Å². The second kappa shape index (κ2) is 7.35. The number of rotatable bonds is 5. The molecule has 1 aliphatic carbocycles. The number of anilines is 1. The predicted octanol–water partition coefficient (Wildman–Crippen LogP) is 4.24. The van der Waals surface area contributed by atoms with Crippen molar-refractivity contribution in [2.45, 2.75) is 35.8 Å². The van der Waals surface area contributed by atoms with Crippen LogP contribution in [0.2, 0.25) is 0 Å². The smallest absolute Gasteiger partial charge is 0.229 e. The minimum Gasteiger partial charge on any atom is -0.300 e. The molecule has 2 aromatic rings. The minimum absolute atomic E-state index is 0.000205. The van der Waals surface area contributed by atoms with Crippen LogP contribution in [0.15, 0.2) is 22.5 Å². The Bertz CT molecular complexity index is 702. The second-order valence-electron chi connectivity index (χ2n) is 5.37. The summed E-state index contributed by atoms with van der Waals surface area (Å²) in [5, 5.41) is 11.2. The molecule has 122 valence electrons. The van der Waals surface area contributed by atoms with E-state index < -0.39 is 11.6 Å². The first-order valence-corrected chi connectivity index (χ1v) is 9.13. The molecule has 0 atom stereocenters. The molecule has 0 saturated heterocycles. The van der Waals surface area contributed by atoms with Gasteiger partial charge in [0.05, 0.1) is 0 Å². The summed E-state index contributed by atoms with van der Waals surface area (Å²) in [5.41, 5.74) is 0.406. The van der Waals surface area contributed by atoms with Gasteiger partial charge in [-0.3, -0.25) is 4.79 Å². The van der Waals surface area contributed by atoms with Crippen LogP contribution in [0.4, 0.5) is 13.9 Å². The third-order valence-electron chi connectivity index (χ3n) is 3.73. The van der Waals surface area contributed by atoms with E-state index in [9.17, 15) is 13.6 Å². The summed E-state index contributed by atoms with van der Waals surface area (Å²) < 4.78 is 27.1. The molecular formula is C15H15F2N3OS2. The normalized spacial score (nSPS) is 15.0. The number of halogens is 2. The van der Waals surface area contributed by atoms with Crippen LogP contribution in [-0.4, -0.2) is 16.1 Å². The first kappa shape index (κ1) is 16.3. The summed E-state index contributed by atoms with van der Waals surface area (Å²) in [7, 11) is 0. The maximum Gasteiger partial charge on any atom is 0.229 e. The molecule has 1 heterocycles. The fourth-order valence-electron chi connectivity index (χ4n) is 2.49. The lowest BCUT2D eigenvalue weighted by molar-refractivity contribution is -0.119. The number of aromatic nitrogens is 2. The van der Waals surface area contributed by atoms with Crippen LogP contribution in [0.3, 0.4) is 0 Å². The maximum atomic E-state index is 13.6. The van der Waals surface area contributed by atoms with Crippen LogP contribution in [0.5, 0.6) is 0 Å². The molecule has 0 bridgehead atoms. The monoisotopic (exact) mass is 355 g/mol. The fourth-order valence-corrected chi connectivity index (χ4v) is 4.23. The van der Waals surface area contributed by atoms with Gasteiger partial charge in [-0.1, -0.05) is 42.0 Å². The van der Waals surface area contributed by atoms with Crippen LogP contribution in [0.25, 0.3) is 0 Å². The standard InChI is InChI=1S/C15H15F2N3OS2/c16-11-6-5-10(12(17)7-11)8-22-15-20-19-14(23-15)18-13(21)9-3-1-2-4-9/h5-7,9H,1-4,8H2,(H,18,19,21). The zero-order valence-electron chi connectivity index (χ0n) is 12.2. The van der Waals surface area contributed by atoms with Crippen molar-refractivity contribution in [3.05, 3.63) is 35.4 Å². The first-order chi connectivity index (χ1) is 11.1. The summed E-state index contributed by atoms with van der Waals surface area (Å²) in [6.07, 6.45) is 4.04. The van der Waals surface area contributed by atoms with Gasteiger partial charge in [-0.15, -0.1) is 10.2 Å². The number of hydrogen-bond donors (Lipinski definition) is 1. The molecule has 1 aromatic carbocycles. The molecule has 23 heavy (non-hydrogen) atoms. The molecule has 4 nitrogen and oxygen atoms in total. The Kier molecular flexibility index (Phi) is 5.22. The number of nitrogens with zero attached hydrogens (tertiary/aromatic N) is 2. The molecule has 0 aliphatic heterocycles. The summed E-state index contributed by atoms with van der Waals surface area (Å²) >= 11 is 2.57. The van der Waals surface area contributed by atoms with Gasteiger partial charge in [0, 0.05) is 17.7 Å². The van der Waals surface area contributed by atoms with Crippen molar-refractivity contribution in [1.29, 1.82) is 0 Å². The third-order valence-corrected chi connectivity index (χ3v) is 5.75. The van der Waals surface area contributed by atoms with Crippen molar-refractivity contribution in [2.24, 2.45) is 5.92 Å². The number of hydrogen-bond acceptors (Lipinski definition) is 5. The fraction of sp³-hybridized carbons (Fsp3) is 0.400. The molecular weight excluding hydrogens is 340 g/mol. The van der Waals surface area contributed by atoms with Crippen molar-refractivity contribution in [3.8, 4) is 0 Å². The Labute approximate surface area is 140 Å². The second-order valence-corrected chi connectivity index (χ2v) is 7.57. The van der Waals surface area contributed by atoms with Gasteiger partial charge < -0.3 is 5.32 Å². The van der Waals surface area contributed by atoms with E-state index in [1.54, 1.807) is 0 Å². The lowest BCUT2D eigenvalue weighted by atomic mass is 10.1. The minimum atomic E-state index is -0.593. The van der Waals surface area contributed by atoms with E-state index in [1.807, 2.05) is 0 Å². The van der Waals surface area contributed by atoms with E-state index >= 15 is 0 Å². The van der Waals surface area contributed by atoms with E-state index in [4.69, 9.17) is 0 Å². The summed E-state index contributed by atoms with van der Waals surface area (Å²) in [5.74, 6) is -0.763. The first-order valence-electron chi connectivity index (χ1n) is 7.33. The van der Waals surface area contributed by atoms with Crippen molar-refractivity contribution in [1.82, 2.24) is 10.2 Å². The van der Waals surface area contributed by atoms with E-state index in [-0.39, 0.29) is 11.8 Å². The molecule has 1 aromatic heterocycles. The molecule has 1 amide bonds. The Morgan fingerprint density at radius 3 is 2.83 bits per heavy atom. The van der Waals surface area contributed by atoms with E-state index in [1.165, 1.54) is 35.2 Å². The number of nitrogens with one attached hydrogen (secondary N) is 1. The average Bonchev–Trinajstić information content (AvgIpc) is 3.17. The third kappa shape index (κ3) is 4.26. The average molecular weight is 355 g/mol. The molecule has 8 heteroatoms. The number of amides is 1. The van der Waals surface area contributed by atoms with E-state index in [0.717, 1.165) is 31.7 Å². The molecule has 0 unspecified atom stereocenters. The molecule has 1 saturated carbocycles. The van der Waals surface area contributed by atoms with Crippen molar-refractivity contribution < 1.29 is 13.6 Å². The van der Waals surface area contributed by atoms with Gasteiger partial charge in [-0.2, -0.15) is 0 Å². The predicted molar refractivity (Wildman–Crippen MR) is 86.4 cm³/mol. The van der Waals surface area contributed by atoms with Gasteiger partial charge in [0.1, 0.15) is 11.6 Å². The molecule has 3 rings (SSSR count). The SMILES string of the molecule is O=C(Nc1nnc(SCc2ccc(F)cc2F)s1)C1CCCC1. The van der Waals surface area contributed by atoms with Gasteiger partial charge in [0.15, 0.2) is 4.34 Å². The maximum absolute atomic E-state index is 13.6. The molecule has 1 N–H and O–H groups in total. The van der Waals surface area contributed by atoms with E-state index in [2.05, 4.69) is 15.5 Å². The van der Waals surface area contributed by atoms with Crippen molar-refractivity contribution >= 4 is 34.1 Å². The quantitative estimate of drug-likeness (QED) is 0.644. The highest BCUT2D eigenvalue weighted by atomic mass is 32.2. The van der Waals surface area contributed by atoms with E-state index in [0.29, 0.717) is 20.8 Å². The highest BCUT2D eigenvalue weighted by Crippen LogP contribution is 2.31. The number of carbonyl (C=O) groups excluding carboxylic acids is 1. The molecule has 1 fully saturated rings. The highest BCUT2D eigenvalue weighted by Gasteiger charge is 2.23. The largest absolute Gasteiger partial charge is 0.300 e. The Balaban J connectivity index is 1.55. The van der Waals surface area contributed by atoms with Crippen LogP contribution in [-0.2, 0) is 10.5 Å². The van der Waals surface area contributed by atoms with Gasteiger partial charge in [-0.05, 0) is 24.5 Å². The van der Waals surface area contributed by atoms with Gasteiger partial charge in [0.2, 0.25) is 11.0 Å². The Morgan fingerprint density at radius 1 is 1.30 bits per heavy atom. The number of thioether (sulfide) groups is 1. The van der Waals surface area contributed by atoms with Crippen LogP contribution >= 0.6 is 23.1 Å². The zero-order chi connectivity index (χ0) is 16.2. The summed E-state index contributed by atoms with van der Waals surface area (Å²) in [6.45, 7) is 0. The van der Waals surface area contributed by atoms with Crippen LogP contribution in [0.1, 0.15) is 31.2 Å². The summed E-state index contributed by atoms with van der Waals surface area (Å²) in [6, 6.07) is 3.51. The zero-order valence-corrected chi connectivity index (χ0v) is 13.9. The van der Waals surface area contributed by atoms with Gasteiger partial charge >= 0.3 is 0 Å². The lowest BCUT2D eigenvalue weighted by Crippen LogP contribution is -2.20. The summed E-state index contributed by atoms with van der Waals surface area (Å²) in [4.78, 5) is 12.0. The van der Waals surface area contributed by atoms with Gasteiger partial charge in [0.25, 0.3) is 0 Å². The van der Waals surface area contributed by atoms with Crippen molar-refractivity contribution in [2.75, 3.05) is 5.32 Å². The van der Waals surface area contributed by atoms with Crippen molar-refractivity contribution in [3.63, 3.8) is 0 Å². The number of carbonyl (C=O) groups is 1. The highest BCUT2D eigenvalue weighted by molar-refractivity contribution is 8.00. The topological polar surface area (TPSA) is 54.9 Å². The van der Waals surface area contributed by atoms with Gasteiger partial charge in [-0.25, -0.2) is 8.78 Å².